The minimum absolute atomic E-state index is 0.0756. The van der Waals surface area contributed by atoms with Gasteiger partial charge in [0.25, 0.3) is 5.91 Å². The van der Waals surface area contributed by atoms with E-state index >= 15 is 0 Å². The first-order chi connectivity index (χ1) is 13.1. The number of thioether (sulfide) groups is 1. The number of furan rings is 1. The molecule has 27 heavy (non-hydrogen) atoms. The second kappa shape index (κ2) is 6.84. The van der Waals surface area contributed by atoms with Crippen LogP contribution in [0.3, 0.4) is 0 Å². The zero-order valence-electron chi connectivity index (χ0n) is 14.1. The summed E-state index contributed by atoms with van der Waals surface area (Å²) in [6, 6.07) is 5.75. The third kappa shape index (κ3) is 3.17. The van der Waals surface area contributed by atoms with Gasteiger partial charge in [-0.15, -0.1) is 0 Å². The van der Waals surface area contributed by atoms with Crippen LogP contribution in [0.1, 0.15) is 26.5 Å². The molecule has 4 rings (SSSR count). The van der Waals surface area contributed by atoms with E-state index in [1.54, 1.807) is 30.8 Å². The molecule has 1 N–H and O–H groups in total. The molecule has 3 heterocycles. The monoisotopic (exact) mass is 384 g/mol. The second-order valence-electron chi connectivity index (χ2n) is 5.70. The van der Waals surface area contributed by atoms with Gasteiger partial charge in [-0.2, -0.15) is 5.10 Å². The molecule has 136 valence electrons. The molecule has 0 fully saturated rings. The minimum Gasteiger partial charge on any atom is -0.458 e. The van der Waals surface area contributed by atoms with Crippen LogP contribution in [0.5, 0.6) is 0 Å². The molecule has 0 radical (unpaired) electrons. The highest BCUT2D eigenvalue weighted by atomic mass is 32.2. The molecular weight excluding hydrogens is 371 g/mol. The van der Waals surface area contributed by atoms with Crippen LogP contribution in [0, 0.1) is 5.82 Å². The van der Waals surface area contributed by atoms with Crippen LogP contribution in [0.25, 0.3) is 16.6 Å². The van der Waals surface area contributed by atoms with Crippen LogP contribution >= 0.6 is 11.8 Å². The van der Waals surface area contributed by atoms with Crippen molar-refractivity contribution in [2.75, 3.05) is 6.26 Å². The van der Waals surface area contributed by atoms with E-state index in [4.69, 9.17) is 4.42 Å². The molecule has 9 heteroatoms. The minimum atomic E-state index is -0.520. The van der Waals surface area contributed by atoms with Gasteiger partial charge >= 0.3 is 0 Å². The van der Waals surface area contributed by atoms with Crippen LogP contribution < -0.4 is 5.32 Å². The number of nitrogens with one attached hydrogen (secondary N) is 1. The van der Waals surface area contributed by atoms with Crippen molar-refractivity contribution in [1.29, 1.82) is 0 Å². The Bertz CT molecular complexity index is 1180. The largest absolute Gasteiger partial charge is 0.458 e. The maximum atomic E-state index is 13.8. The molecule has 0 saturated heterocycles. The lowest BCUT2D eigenvalue weighted by molar-refractivity contribution is 0.0949. The SMILES string of the molecule is CSC(=O)c1cc(F)cc2cc(CNC(=O)c3cnn4cccnc34)oc12. The molecule has 3 aromatic heterocycles. The van der Waals surface area contributed by atoms with Crippen molar-refractivity contribution in [2.45, 2.75) is 6.54 Å². The van der Waals surface area contributed by atoms with Crippen molar-refractivity contribution in [3.8, 4) is 0 Å². The lowest BCUT2D eigenvalue weighted by Gasteiger charge is -2.01. The average molecular weight is 384 g/mol. The summed E-state index contributed by atoms with van der Waals surface area (Å²) in [6.07, 6.45) is 6.32. The van der Waals surface area contributed by atoms with Gasteiger partial charge in [-0.05, 0) is 30.5 Å². The van der Waals surface area contributed by atoms with E-state index in [2.05, 4.69) is 15.4 Å². The summed E-state index contributed by atoms with van der Waals surface area (Å²) in [5, 5.41) is 6.97. The van der Waals surface area contributed by atoms with E-state index in [1.807, 2.05) is 0 Å². The van der Waals surface area contributed by atoms with E-state index in [-0.39, 0.29) is 23.1 Å². The Morgan fingerprint density at radius 2 is 2.15 bits per heavy atom. The first-order valence-electron chi connectivity index (χ1n) is 7.93. The molecule has 0 bridgehead atoms. The Morgan fingerprint density at radius 1 is 1.30 bits per heavy atom. The Balaban J connectivity index is 1.59. The molecule has 0 aliphatic rings. The number of amides is 1. The predicted octanol–water partition coefficient (Wildman–Crippen LogP) is 3.05. The van der Waals surface area contributed by atoms with E-state index < -0.39 is 5.82 Å². The number of benzene rings is 1. The summed E-state index contributed by atoms with van der Waals surface area (Å²) in [5.74, 6) is -0.479. The van der Waals surface area contributed by atoms with Gasteiger partial charge in [-0.25, -0.2) is 13.9 Å². The molecule has 4 aromatic rings. The zero-order valence-corrected chi connectivity index (χ0v) is 14.9. The molecule has 0 aliphatic heterocycles. The number of aromatic nitrogens is 3. The van der Waals surface area contributed by atoms with Crippen molar-refractivity contribution in [3.63, 3.8) is 0 Å². The van der Waals surface area contributed by atoms with Crippen LogP contribution in [-0.4, -0.2) is 31.9 Å². The van der Waals surface area contributed by atoms with E-state index in [1.165, 1.54) is 16.8 Å². The summed E-state index contributed by atoms with van der Waals surface area (Å²) in [6.45, 7) is 0.0756. The van der Waals surface area contributed by atoms with Gasteiger partial charge in [0.1, 0.15) is 22.7 Å². The van der Waals surface area contributed by atoms with Gasteiger partial charge in [-0.1, -0.05) is 11.8 Å². The third-order valence-electron chi connectivity index (χ3n) is 3.98. The number of carbonyl (C=O) groups excluding carboxylic acids is 2. The Kier molecular flexibility index (Phi) is 4.36. The van der Waals surface area contributed by atoms with Crippen LogP contribution in [0.15, 0.2) is 47.3 Å². The van der Waals surface area contributed by atoms with Crippen molar-refractivity contribution in [2.24, 2.45) is 0 Å². The molecule has 0 spiro atoms. The van der Waals surface area contributed by atoms with Crippen molar-refractivity contribution < 1.29 is 18.4 Å². The number of halogens is 1. The quantitative estimate of drug-likeness (QED) is 0.582. The number of nitrogens with zero attached hydrogens (tertiary/aromatic N) is 3. The van der Waals surface area contributed by atoms with E-state index in [0.717, 1.165) is 17.8 Å². The van der Waals surface area contributed by atoms with Gasteiger partial charge in [0, 0.05) is 17.8 Å². The second-order valence-corrected chi connectivity index (χ2v) is 6.48. The Labute approximate surface area is 156 Å². The highest BCUT2D eigenvalue weighted by Crippen LogP contribution is 2.27. The number of hydrogen-bond donors (Lipinski definition) is 1. The van der Waals surface area contributed by atoms with E-state index in [9.17, 15) is 14.0 Å². The maximum absolute atomic E-state index is 13.8. The van der Waals surface area contributed by atoms with Gasteiger partial charge in [-0.3, -0.25) is 9.59 Å². The van der Waals surface area contributed by atoms with Gasteiger partial charge < -0.3 is 9.73 Å². The van der Waals surface area contributed by atoms with Crippen LogP contribution in [-0.2, 0) is 6.54 Å². The molecule has 0 aliphatic carbocycles. The standard InChI is InChI=1S/C18H13FN4O3S/c1-27-18(25)13-7-11(19)5-10-6-12(26-15(10)13)8-21-17(24)14-9-22-23-4-2-3-20-16(14)23/h2-7,9H,8H2,1H3,(H,21,24). The topological polar surface area (TPSA) is 89.5 Å². The zero-order chi connectivity index (χ0) is 19.0. The number of rotatable bonds is 4. The summed E-state index contributed by atoms with van der Waals surface area (Å²) < 4.78 is 20.9. The summed E-state index contributed by atoms with van der Waals surface area (Å²) in [5.41, 5.74) is 1.24. The lowest BCUT2D eigenvalue weighted by Crippen LogP contribution is -2.22. The number of carbonyl (C=O) groups is 2. The van der Waals surface area contributed by atoms with Crippen molar-refractivity contribution >= 4 is 39.4 Å². The van der Waals surface area contributed by atoms with Crippen molar-refractivity contribution in [3.05, 3.63) is 65.6 Å². The van der Waals surface area contributed by atoms with Gasteiger partial charge in [0.05, 0.1) is 18.3 Å². The fourth-order valence-corrected chi connectivity index (χ4v) is 3.14. The lowest BCUT2D eigenvalue weighted by atomic mass is 10.1. The normalized spacial score (nSPS) is 11.2. The van der Waals surface area contributed by atoms with Gasteiger partial charge in [0.15, 0.2) is 5.65 Å². The molecule has 0 unspecified atom stereocenters. The van der Waals surface area contributed by atoms with Crippen LogP contribution in [0.2, 0.25) is 0 Å². The first-order valence-corrected chi connectivity index (χ1v) is 9.16. The summed E-state index contributed by atoms with van der Waals surface area (Å²) in [4.78, 5) is 28.5. The van der Waals surface area contributed by atoms with Crippen LogP contribution in [0.4, 0.5) is 4.39 Å². The first kappa shape index (κ1) is 17.2. The Morgan fingerprint density at radius 3 is 2.96 bits per heavy atom. The highest BCUT2D eigenvalue weighted by Gasteiger charge is 2.17. The molecule has 7 nitrogen and oxygen atoms in total. The predicted molar refractivity (Wildman–Crippen MR) is 98.2 cm³/mol. The fourth-order valence-electron chi connectivity index (χ4n) is 2.77. The number of fused-ring (bicyclic) bond motifs is 2. The summed E-state index contributed by atoms with van der Waals surface area (Å²) >= 11 is 0.977. The molecule has 1 amide bonds. The molecule has 1 aromatic carbocycles. The van der Waals surface area contributed by atoms with Gasteiger partial charge in [0.2, 0.25) is 5.12 Å². The third-order valence-corrected chi connectivity index (χ3v) is 4.58. The maximum Gasteiger partial charge on any atom is 0.257 e. The van der Waals surface area contributed by atoms with Crippen molar-refractivity contribution in [1.82, 2.24) is 19.9 Å². The smallest absolute Gasteiger partial charge is 0.257 e. The average Bonchev–Trinajstić information content (AvgIpc) is 3.28. The molecule has 0 atom stereocenters. The fraction of sp³-hybridized carbons (Fsp3) is 0.111. The Hall–Kier alpha value is -3.20. The number of hydrogen-bond acceptors (Lipinski definition) is 6. The summed E-state index contributed by atoms with van der Waals surface area (Å²) in [7, 11) is 0. The molecule has 0 saturated carbocycles. The highest BCUT2D eigenvalue weighted by molar-refractivity contribution is 8.13. The molecular formula is C18H13FN4O3S. The van der Waals surface area contributed by atoms with E-state index in [0.29, 0.717) is 27.9 Å².